The van der Waals surface area contributed by atoms with Crippen LogP contribution in [0.2, 0.25) is 0 Å². The normalized spacial score (nSPS) is 22.2. The van der Waals surface area contributed by atoms with Crippen LogP contribution in [-0.4, -0.2) is 22.3 Å². The van der Waals surface area contributed by atoms with Crippen molar-refractivity contribution in [1.82, 2.24) is 9.55 Å². The SMILES string of the molecule is CC1(C)CC(CO[P+](=S)Oc2ccccc2)OC1n1ccc(=O)[nH]c1=O. The first-order chi connectivity index (χ1) is 12.3. The topological polar surface area (TPSA) is 82.6 Å². The highest BCUT2D eigenvalue weighted by Crippen LogP contribution is 2.44. The molecule has 3 rings (SSSR count). The first-order valence-electron chi connectivity index (χ1n) is 8.15. The van der Waals surface area contributed by atoms with Crippen molar-refractivity contribution in [2.45, 2.75) is 32.6 Å². The summed E-state index contributed by atoms with van der Waals surface area (Å²) in [5.41, 5.74) is -1.23. The predicted molar refractivity (Wildman–Crippen MR) is 101 cm³/mol. The van der Waals surface area contributed by atoms with Crippen LogP contribution in [0.15, 0.2) is 52.2 Å². The molecular formula is C17H20N2O5PS+. The van der Waals surface area contributed by atoms with Crippen LogP contribution in [0.25, 0.3) is 0 Å². The Balaban J connectivity index is 1.61. The van der Waals surface area contributed by atoms with Crippen LogP contribution < -0.4 is 15.8 Å². The second kappa shape index (κ2) is 7.80. The summed E-state index contributed by atoms with van der Waals surface area (Å²) in [6.07, 6.45) is 1.43. The summed E-state index contributed by atoms with van der Waals surface area (Å²) in [5.74, 6) is 0.666. The van der Waals surface area contributed by atoms with E-state index in [1.54, 1.807) is 0 Å². The third kappa shape index (κ3) is 4.45. The number of para-hydroxylation sites is 1. The van der Waals surface area contributed by atoms with Gasteiger partial charge < -0.3 is 4.74 Å². The molecule has 9 heteroatoms. The van der Waals surface area contributed by atoms with E-state index in [2.05, 4.69) is 4.98 Å². The average molecular weight is 395 g/mol. The minimum atomic E-state index is -1.50. The molecule has 2 aromatic rings. The molecule has 0 spiro atoms. The zero-order chi connectivity index (χ0) is 18.7. The standard InChI is InChI=1S/C17H19N2O5PS/c1-17(2)10-13(11-22-25(26)24-12-6-4-3-5-7-12)23-15(17)19-9-8-14(20)18-16(19)21/h3-9,13,15H,10-11H2,1-2H3/p+1. The Morgan fingerprint density at radius 2 is 2.04 bits per heavy atom. The van der Waals surface area contributed by atoms with E-state index in [0.29, 0.717) is 12.2 Å². The lowest BCUT2D eigenvalue weighted by atomic mass is 9.87. The summed E-state index contributed by atoms with van der Waals surface area (Å²) in [4.78, 5) is 25.6. The summed E-state index contributed by atoms with van der Waals surface area (Å²) in [7, 11) is -1.50. The Morgan fingerprint density at radius 1 is 1.31 bits per heavy atom. The molecule has 0 aliphatic carbocycles. The third-order valence-electron chi connectivity index (χ3n) is 4.14. The number of aromatic amines is 1. The molecule has 1 fully saturated rings. The lowest BCUT2D eigenvalue weighted by Gasteiger charge is -2.26. The molecule has 0 radical (unpaired) electrons. The van der Waals surface area contributed by atoms with Gasteiger partial charge in [0.2, 0.25) is 11.8 Å². The number of hydrogen-bond donors (Lipinski definition) is 1. The summed E-state index contributed by atoms with van der Waals surface area (Å²) < 4.78 is 18.6. The monoisotopic (exact) mass is 395 g/mol. The molecule has 1 aromatic carbocycles. The van der Waals surface area contributed by atoms with Crippen molar-refractivity contribution in [2.24, 2.45) is 5.41 Å². The van der Waals surface area contributed by atoms with Gasteiger partial charge in [-0.05, 0) is 18.6 Å². The van der Waals surface area contributed by atoms with E-state index in [9.17, 15) is 9.59 Å². The van der Waals surface area contributed by atoms with Gasteiger partial charge in [0.05, 0.1) is 6.10 Å². The van der Waals surface area contributed by atoms with Crippen LogP contribution in [0.1, 0.15) is 26.5 Å². The number of aromatic nitrogens is 2. The number of H-pyrrole nitrogens is 1. The van der Waals surface area contributed by atoms with E-state index in [0.717, 1.165) is 0 Å². The van der Waals surface area contributed by atoms with Crippen molar-refractivity contribution in [1.29, 1.82) is 0 Å². The van der Waals surface area contributed by atoms with Crippen molar-refractivity contribution in [3.63, 3.8) is 0 Å². The molecule has 1 saturated heterocycles. The molecule has 1 N–H and O–H groups in total. The van der Waals surface area contributed by atoms with Crippen LogP contribution >= 0.6 is 7.15 Å². The molecule has 0 amide bonds. The highest BCUT2D eigenvalue weighted by molar-refractivity contribution is 8.00. The molecule has 26 heavy (non-hydrogen) atoms. The Kier molecular flexibility index (Phi) is 5.67. The molecule has 3 unspecified atom stereocenters. The minimum Gasteiger partial charge on any atom is -0.351 e. The van der Waals surface area contributed by atoms with Gasteiger partial charge in [0.1, 0.15) is 12.8 Å². The number of hydrogen-bond acceptors (Lipinski definition) is 6. The van der Waals surface area contributed by atoms with Crippen LogP contribution in [0.3, 0.4) is 0 Å². The van der Waals surface area contributed by atoms with Crippen LogP contribution in [0.5, 0.6) is 5.75 Å². The molecule has 0 saturated carbocycles. The number of benzene rings is 1. The second-order valence-electron chi connectivity index (χ2n) is 6.74. The van der Waals surface area contributed by atoms with Gasteiger partial charge in [0.15, 0.2) is 5.75 Å². The van der Waals surface area contributed by atoms with Crippen LogP contribution in [0.4, 0.5) is 0 Å². The van der Waals surface area contributed by atoms with Gasteiger partial charge in [0.25, 0.3) is 5.56 Å². The van der Waals surface area contributed by atoms with Crippen LogP contribution in [0, 0.1) is 5.41 Å². The van der Waals surface area contributed by atoms with Crippen molar-refractivity contribution < 1.29 is 13.8 Å². The first-order valence-corrected chi connectivity index (χ1v) is 10.3. The molecule has 3 atom stereocenters. The highest BCUT2D eigenvalue weighted by Gasteiger charge is 2.44. The van der Waals surface area contributed by atoms with Gasteiger partial charge in [-0.2, -0.15) is 0 Å². The number of nitrogens with one attached hydrogen (secondary N) is 1. The summed E-state index contributed by atoms with van der Waals surface area (Å²) >= 11 is 5.24. The zero-order valence-corrected chi connectivity index (χ0v) is 16.2. The Bertz CT molecular complexity index is 896. The van der Waals surface area contributed by atoms with E-state index in [1.807, 2.05) is 44.2 Å². The average Bonchev–Trinajstić information content (AvgIpc) is 2.88. The maximum atomic E-state index is 12.1. The molecule has 7 nitrogen and oxygen atoms in total. The largest absolute Gasteiger partial charge is 0.573 e. The Hall–Kier alpha value is -1.86. The van der Waals surface area contributed by atoms with Gasteiger partial charge >= 0.3 is 12.8 Å². The van der Waals surface area contributed by atoms with Crippen molar-refractivity contribution in [2.75, 3.05) is 6.61 Å². The quantitative estimate of drug-likeness (QED) is 0.758. The molecule has 1 aromatic heterocycles. The third-order valence-corrected chi connectivity index (χ3v) is 5.40. The maximum absolute atomic E-state index is 12.1. The lowest BCUT2D eigenvalue weighted by Crippen LogP contribution is -2.35. The lowest BCUT2D eigenvalue weighted by molar-refractivity contribution is -0.0454. The van der Waals surface area contributed by atoms with Crippen molar-refractivity contribution in [3.8, 4) is 5.75 Å². The van der Waals surface area contributed by atoms with Crippen molar-refractivity contribution >= 4 is 19.0 Å². The van der Waals surface area contributed by atoms with E-state index < -0.39 is 24.6 Å². The summed E-state index contributed by atoms with van der Waals surface area (Å²) in [6.45, 7) is 4.29. The van der Waals surface area contributed by atoms with E-state index in [-0.39, 0.29) is 18.1 Å². The Labute approximate surface area is 156 Å². The minimum absolute atomic E-state index is 0.221. The maximum Gasteiger partial charge on any atom is 0.573 e. The van der Waals surface area contributed by atoms with E-state index in [1.165, 1.54) is 16.8 Å². The zero-order valence-electron chi connectivity index (χ0n) is 14.5. The van der Waals surface area contributed by atoms with Crippen LogP contribution in [-0.2, 0) is 21.1 Å². The highest BCUT2D eigenvalue weighted by atomic mass is 32.4. The Morgan fingerprint density at radius 3 is 2.73 bits per heavy atom. The fraction of sp³-hybridized carbons (Fsp3) is 0.412. The summed E-state index contributed by atoms with van der Waals surface area (Å²) in [6, 6.07) is 10.6. The predicted octanol–water partition coefficient (Wildman–Crippen LogP) is 2.72. The number of nitrogens with zero attached hydrogens (tertiary/aromatic N) is 1. The smallest absolute Gasteiger partial charge is 0.351 e. The number of rotatable bonds is 6. The second-order valence-corrected chi connectivity index (χ2v) is 8.53. The molecule has 0 bridgehead atoms. The summed E-state index contributed by atoms with van der Waals surface area (Å²) in [5, 5.41) is 0. The molecular weight excluding hydrogens is 375 g/mol. The fourth-order valence-electron chi connectivity index (χ4n) is 2.99. The van der Waals surface area contributed by atoms with Crippen molar-refractivity contribution in [3.05, 3.63) is 63.4 Å². The fourth-order valence-corrected chi connectivity index (χ4v) is 4.07. The van der Waals surface area contributed by atoms with E-state index in [4.69, 9.17) is 25.6 Å². The van der Waals surface area contributed by atoms with Gasteiger partial charge in [-0.3, -0.25) is 18.9 Å². The van der Waals surface area contributed by atoms with Gasteiger partial charge in [0, 0.05) is 17.7 Å². The molecule has 138 valence electrons. The molecule has 2 heterocycles. The molecule has 1 aliphatic heterocycles. The van der Waals surface area contributed by atoms with Gasteiger partial charge in [-0.25, -0.2) is 4.79 Å². The van der Waals surface area contributed by atoms with E-state index >= 15 is 0 Å². The molecule has 1 aliphatic rings. The first kappa shape index (κ1) is 18.9. The van der Waals surface area contributed by atoms with Gasteiger partial charge in [-0.15, -0.1) is 4.52 Å². The number of ether oxygens (including phenoxy) is 1. The van der Waals surface area contributed by atoms with Gasteiger partial charge in [-0.1, -0.05) is 32.0 Å².